The highest BCUT2D eigenvalue weighted by Gasteiger charge is 2.20. The first kappa shape index (κ1) is 24.8. The number of ether oxygens (including phenoxy) is 3. The summed E-state index contributed by atoms with van der Waals surface area (Å²) in [4.78, 5) is 4.29. The summed E-state index contributed by atoms with van der Waals surface area (Å²) >= 11 is 0. The van der Waals surface area contributed by atoms with Gasteiger partial charge in [-0.3, -0.25) is 4.99 Å². The highest BCUT2D eigenvalue weighted by Crippen LogP contribution is 2.34. The highest BCUT2D eigenvalue weighted by atomic mass is 127. The van der Waals surface area contributed by atoms with Crippen molar-refractivity contribution in [2.75, 3.05) is 27.3 Å². The molecule has 0 amide bonds. The summed E-state index contributed by atoms with van der Waals surface area (Å²) in [5.74, 6) is 2.41. The van der Waals surface area contributed by atoms with E-state index in [1.54, 1.807) is 14.2 Å². The summed E-state index contributed by atoms with van der Waals surface area (Å²) in [5, 5.41) is 6.69. The Kier molecular flexibility index (Phi) is 12.3. The van der Waals surface area contributed by atoms with Crippen LogP contribution in [0.5, 0.6) is 11.5 Å². The van der Waals surface area contributed by atoms with Crippen molar-refractivity contribution in [1.29, 1.82) is 0 Å². The van der Waals surface area contributed by atoms with E-state index in [-0.39, 0.29) is 30.1 Å². The largest absolute Gasteiger partial charge is 0.493 e. The number of aliphatic imine (C=N–C) groups is 1. The average molecular weight is 505 g/mol. The van der Waals surface area contributed by atoms with Gasteiger partial charge < -0.3 is 24.8 Å². The van der Waals surface area contributed by atoms with Crippen LogP contribution in [-0.4, -0.2) is 45.5 Å². The van der Waals surface area contributed by atoms with E-state index in [0.717, 1.165) is 55.4 Å². The fourth-order valence-corrected chi connectivity index (χ4v) is 3.17. The Bertz CT molecular complexity index is 590. The monoisotopic (exact) mass is 505 g/mol. The van der Waals surface area contributed by atoms with E-state index in [0.29, 0.717) is 12.6 Å². The molecule has 1 aromatic carbocycles. The van der Waals surface area contributed by atoms with Crippen LogP contribution in [0, 0.1) is 0 Å². The smallest absolute Gasteiger partial charge is 0.191 e. The summed E-state index contributed by atoms with van der Waals surface area (Å²) in [7, 11) is 3.47. The van der Waals surface area contributed by atoms with Gasteiger partial charge >= 0.3 is 0 Å². The minimum atomic E-state index is 0. The normalized spacial score (nSPS) is 14.7. The summed E-state index contributed by atoms with van der Waals surface area (Å²) in [5.41, 5.74) is 1.08. The van der Waals surface area contributed by atoms with Crippen LogP contribution in [0.3, 0.4) is 0 Å². The van der Waals surface area contributed by atoms with Gasteiger partial charge in [0.1, 0.15) is 0 Å². The highest BCUT2D eigenvalue weighted by molar-refractivity contribution is 14.0. The average Bonchev–Trinajstić information content (AvgIpc) is 3.17. The van der Waals surface area contributed by atoms with Crippen molar-refractivity contribution < 1.29 is 14.2 Å². The number of rotatable bonds is 10. The molecular weight excluding hydrogens is 469 g/mol. The van der Waals surface area contributed by atoms with Crippen molar-refractivity contribution in [2.24, 2.45) is 4.99 Å². The van der Waals surface area contributed by atoms with E-state index in [2.05, 4.69) is 21.7 Å². The molecule has 160 valence electrons. The second kappa shape index (κ2) is 13.9. The van der Waals surface area contributed by atoms with Crippen LogP contribution in [0.2, 0.25) is 0 Å². The van der Waals surface area contributed by atoms with Gasteiger partial charge in [0, 0.05) is 32.3 Å². The van der Waals surface area contributed by atoms with E-state index in [4.69, 9.17) is 14.2 Å². The van der Waals surface area contributed by atoms with Crippen molar-refractivity contribution in [3.63, 3.8) is 0 Å². The second-order valence-electron chi connectivity index (χ2n) is 7.10. The molecule has 1 aliphatic carbocycles. The van der Waals surface area contributed by atoms with Gasteiger partial charge in [-0.1, -0.05) is 12.1 Å². The Morgan fingerprint density at radius 3 is 2.61 bits per heavy atom. The van der Waals surface area contributed by atoms with Crippen LogP contribution >= 0.6 is 24.0 Å². The molecule has 0 heterocycles. The SMILES string of the molecule is CN=C(NCCCOC(C)C)NCc1cccc(OC)c1OC1CCCC1.I. The fraction of sp³-hybridized carbons (Fsp3) is 0.667. The predicted molar refractivity (Wildman–Crippen MR) is 125 cm³/mol. The lowest BCUT2D eigenvalue weighted by atomic mass is 10.1. The third kappa shape index (κ3) is 8.43. The van der Waals surface area contributed by atoms with Crippen molar-refractivity contribution in [3.05, 3.63) is 23.8 Å². The molecule has 0 radical (unpaired) electrons. The number of hydrogen-bond acceptors (Lipinski definition) is 4. The molecule has 7 heteroatoms. The topological polar surface area (TPSA) is 64.1 Å². The maximum atomic E-state index is 6.29. The Morgan fingerprint density at radius 2 is 1.96 bits per heavy atom. The second-order valence-corrected chi connectivity index (χ2v) is 7.10. The van der Waals surface area contributed by atoms with Gasteiger partial charge in [-0.25, -0.2) is 0 Å². The van der Waals surface area contributed by atoms with Gasteiger partial charge in [0.05, 0.1) is 19.3 Å². The van der Waals surface area contributed by atoms with E-state index < -0.39 is 0 Å². The zero-order valence-corrected chi connectivity index (χ0v) is 20.0. The third-order valence-electron chi connectivity index (χ3n) is 4.60. The molecule has 0 atom stereocenters. The first-order valence-electron chi connectivity index (χ1n) is 10.0. The minimum Gasteiger partial charge on any atom is -0.493 e. The summed E-state index contributed by atoms with van der Waals surface area (Å²) < 4.78 is 17.4. The molecule has 6 nitrogen and oxygen atoms in total. The number of para-hydroxylation sites is 1. The van der Waals surface area contributed by atoms with Crippen molar-refractivity contribution in [1.82, 2.24) is 10.6 Å². The van der Waals surface area contributed by atoms with E-state index in [1.165, 1.54) is 12.8 Å². The number of halogens is 1. The van der Waals surface area contributed by atoms with Crippen LogP contribution in [0.4, 0.5) is 0 Å². The Balaban J connectivity index is 0.00000392. The lowest BCUT2D eigenvalue weighted by molar-refractivity contribution is 0.0776. The number of nitrogens with one attached hydrogen (secondary N) is 2. The number of benzene rings is 1. The van der Waals surface area contributed by atoms with Crippen LogP contribution in [0.25, 0.3) is 0 Å². The molecular formula is C21H36IN3O3. The van der Waals surface area contributed by atoms with E-state index in [9.17, 15) is 0 Å². The molecule has 0 aromatic heterocycles. The van der Waals surface area contributed by atoms with Gasteiger partial charge in [0.15, 0.2) is 17.5 Å². The molecule has 0 saturated heterocycles. The molecule has 2 N–H and O–H groups in total. The zero-order valence-electron chi connectivity index (χ0n) is 17.6. The zero-order chi connectivity index (χ0) is 19.5. The van der Waals surface area contributed by atoms with Gasteiger partial charge in [-0.05, 0) is 52.0 Å². The first-order valence-corrected chi connectivity index (χ1v) is 10.0. The molecule has 0 aliphatic heterocycles. The maximum absolute atomic E-state index is 6.29. The fourth-order valence-electron chi connectivity index (χ4n) is 3.17. The summed E-state index contributed by atoms with van der Waals surface area (Å²) in [6, 6.07) is 6.02. The maximum Gasteiger partial charge on any atom is 0.191 e. The van der Waals surface area contributed by atoms with Crippen molar-refractivity contribution in [2.45, 2.75) is 64.7 Å². The molecule has 1 saturated carbocycles. The molecule has 1 fully saturated rings. The third-order valence-corrected chi connectivity index (χ3v) is 4.60. The predicted octanol–water partition coefficient (Wildman–Crippen LogP) is 4.11. The molecule has 0 spiro atoms. The molecule has 1 aliphatic rings. The molecule has 0 bridgehead atoms. The minimum absolute atomic E-state index is 0. The Morgan fingerprint density at radius 1 is 1.21 bits per heavy atom. The van der Waals surface area contributed by atoms with E-state index >= 15 is 0 Å². The molecule has 2 rings (SSSR count). The lowest BCUT2D eigenvalue weighted by Crippen LogP contribution is -2.37. The number of guanidine groups is 1. The molecule has 28 heavy (non-hydrogen) atoms. The number of hydrogen-bond donors (Lipinski definition) is 2. The summed E-state index contributed by atoms with van der Waals surface area (Å²) in [6.07, 6.45) is 6.22. The Labute approximate surface area is 186 Å². The number of methoxy groups -OCH3 is 1. The molecule has 0 unspecified atom stereocenters. The van der Waals surface area contributed by atoms with Gasteiger partial charge in [0.25, 0.3) is 0 Å². The van der Waals surface area contributed by atoms with Crippen LogP contribution in [0.15, 0.2) is 23.2 Å². The van der Waals surface area contributed by atoms with Gasteiger partial charge in [-0.15, -0.1) is 24.0 Å². The molecule has 1 aromatic rings. The van der Waals surface area contributed by atoms with Crippen LogP contribution < -0.4 is 20.1 Å². The Hall–Kier alpha value is -1.22. The van der Waals surface area contributed by atoms with Crippen LogP contribution in [-0.2, 0) is 11.3 Å². The van der Waals surface area contributed by atoms with E-state index in [1.807, 2.05) is 26.0 Å². The van der Waals surface area contributed by atoms with Crippen molar-refractivity contribution >= 4 is 29.9 Å². The van der Waals surface area contributed by atoms with Gasteiger partial charge in [-0.2, -0.15) is 0 Å². The van der Waals surface area contributed by atoms with Crippen LogP contribution in [0.1, 0.15) is 51.5 Å². The van der Waals surface area contributed by atoms with Crippen molar-refractivity contribution in [3.8, 4) is 11.5 Å². The summed E-state index contributed by atoms with van der Waals surface area (Å²) in [6.45, 7) is 6.29. The standard InChI is InChI=1S/C21H35N3O3.HI/c1-16(2)26-14-8-13-23-21(22-3)24-15-17-9-7-12-19(25-4)20(17)27-18-10-5-6-11-18;/h7,9,12,16,18H,5-6,8,10-11,13-15H2,1-4H3,(H2,22,23,24);1H. The van der Waals surface area contributed by atoms with Gasteiger partial charge in [0.2, 0.25) is 0 Å². The quantitative estimate of drug-likeness (QED) is 0.217. The number of nitrogens with zero attached hydrogens (tertiary/aromatic N) is 1. The first-order chi connectivity index (χ1) is 13.1. The lowest BCUT2D eigenvalue weighted by Gasteiger charge is -2.20.